The van der Waals surface area contributed by atoms with Crippen molar-refractivity contribution in [3.8, 4) is 11.3 Å². The molecular formula is C12H11BrFN3. The molecule has 3 nitrogen and oxygen atoms in total. The van der Waals surface area contributed by atoms with Crippen LogP contribution >= 0.6 is 15.9 Å². The van der Waals surface area contributed by atoms with E-state index in [1.165, 1.54) is 6.07 Å². The van der Waals surface area contributed by atoms with Crippen LogP contribution in [0.5, 0.6) is 0 Å². The molecule has 1 aliphatic rings. The van der Waals surface area contributed by atoms with Gasteiger partial charge in [-0.15, -0.1) is 0 Å². The van der Waals surface area contributed by atoms with Gasteiger partial charge in [-0.1, -0.05) is 15.9 Å². The van der Waals surface area contributed by atoms with Crippen LogP contribution in [-0.2, 0) is 0 Å². The molecular weight excluding hydrogens is 285 g/mol. The number of benzene rings is 1. The van der Waals surface area contributed by atoms with Gasteiger partial charge in [0.1, 0.15) is 17.3 Å². The van der Waals surface area contributed by atoms with E-state index in [4.69, 9.17) is 5.73 Å². The summed E-state index contributed by atoms with van der Waals surface area (Å²) in [5.74, 6) is 0.237. The Hall–Kier alpha value is -1.36. The molecule has 1 saturated carbocycles. The molecule has 2 N–H and O–H groups in total. The second kappa shape index (κ2) is 3.84. The molecule has 1 aliphatic carbocycles. The maximum Gasteiger partial charge on any atom is 0.133 e. The van der Waals surface area contributed by atoms with Crippen molar-refractivity contribution in [2.24, 2.45) is 0 Å². The van der Waals surface area contributed by atoms with Crippen LogP contribution in [0.2, 0.25) is 0 Å². The van der Waals surface area contributed by atoms with Gasteiger partial charge in [-0.2, -0.15) is 0 Å². The normalized spacial score (nSPS) is 15.2. The summed E-state index contributed by atoms with van der Waals surface area (Å²) in [7, 11) is 0. The number of nitrogens with zero attached hydrogens (tertiary/aromatic N) is 2. The Labute approximate surface area is 107 Å². The van der Waals surface area contributed by atoms with Gasteiger partial charge in [0.2, 0.25) is 0 Å². The highest BCUT2D eigenvalue weighted by molar-refractivity contribution is 9.10. The van der Waals surface area contributed by atoms with Gasteiger partial charge in [-0.25, -0.2) is 9.37 Å². The summed E-state index contributed by atoms with van der Waals surface area (Å²) in [6.07, 6.45) is 3.95. The van der Waals surface area contributed by atoms with Crippen molar-refractivity contribution in [2.45, 2.75) is 18.9 Å². The number of hydrogen-bond donors (Lipinski definition) is 1. The third-order valence-electron chi connectivity index (χ3n) is 2.96. The lowest BCUT2D eigenvalue weighted by Gasteiger charge is -2.04. The van der Waals surface area contributed by atoms with Crippen molar-refractivity contribution in [1.82, 2.24) is 9.55 Å². The average molecular weight is 296 g/mol. The Morgan fingerprint density at radius 2 is 2.18 bits per heavy atom. The maximum atomic E-state index is 13.8. The van der Waals surface area contributed by atoms with Gasteiger partial charge in [-0.05, 0) is 31.0 Å². The van der Waals surface area contributed by atoms with Gasteiger partial charge in [-0.3, -0.25) is 0 Å². The number of nitrogen functional groups attached to an aromatic ring is 1. The molecule has 5 heteroatoms. The van der Waals surface area contributed by atoms with E-state index in [0.717, 1.165) is 12.8 Å². The van der Waals surface area contributed by atoms with Gasteiger partial charge < -0.3 is 10.3 Å². The standard InChI is InChI=1S/C12H11BrFN3/c13-7-1-4-9(10(14)5-7)11-12(15)17(6-16-11)8-2-3-8/h1,4-6,8H,2-3,15H2. The molecule has 0 atom stereocenters. The molecule has 0 unspecified atom stereocenters. The lowest BCUT2D eigenvalue weighted by atomic mass is 10.1. The van der Waals surface area contributed by atoms with E-state index >= 15 is 0 Å². The number of anilines is 1. The summed E-state index contributed by atoms with van der Waals surface area (Å²) in [5, 5.41) is 0. The van der Waals surface area contributed by atoms with Gasteiger partial charge in [0, 0.05) is 16.1 Å². The molecule has 1 fully saturated rings. The molecule has 0 aliphatic heterocycles. The Morgan fingerprint density at radius 3 is 2.82 bits per heavy atom. The van der Waals surface area contributed by atoms with Crippen LogP contribution < -0.4 is 5.73 Å². The molecule has 0 radical (unpaired) electrons. The molecule has 1 aromatic heterocycles. The molecule has 0 spiro atoms. The van der Waals surface area contributed by atoms with E-state index in [0.29, 0.717) is 27.6 Å². The van der Waals surface area contributed by atoms with E-state index in [-0.39, 0.29) is 5.82 Å². The molecule has 88 valence electrons. The first-order chi connectivity index (χ1) is 8.16. The Kier molecular flexibility index (Phi) is 2.43. The fraction of sp³-hybridized carbons (Fsp3) is 0.250. The quantitative estimate of drug-likeness (QED) is 0.923. The molecule has 1 aromatic carbocycles. The fourth-order valence-corrected chi connectivity index (χ4v) is 2.24. The first-order valence-corrected chi connectivity index (χ1v) is 6.24. The van der Waals surface area contributed by atoms with E-state index in [1.807, 2.05) is 4.57 Å². The zero-order valence-corrected chi connectivity index (χ0v) is 10.6. The summed E-state index contributed by atoms with van der Waals surface area (Å²) >= 11 is 3.23. The zero-order chi connectivity index (χ0) is 12.0. The highest BCUT2D eigenvalue weighted by Crippen LogP contribution is 2.39. The number of imidazole rings is 1. The lowest BCUT2D eigenvalue weighted by molar-refractivity contribution is 0.630. The average Bonchev–Trinajstić information content (AvgIpc) is 3.04. The van der Waals surface area contributed by atoms with Gasteiger partial charge in [0.25, 0.3) is 0 Å². The van der Waals surface area contributed by atoms with Crippen LogP contribution in [0, 0.1) is 5.82 Å². The van der Waals surface area contributed by atoms with Crippen molar-refractivity contribution in [2.75, 3.05) is 5.73 Å². The Balaban J connectivity index is 2.08. The number of rotatable bonds is 2. The molecule has 0 amide bonds. The first kappa shape index (κ1) is 10.8. The second-order valence-electron chi connectivity index (χ2n) is 4.24. The van der Waals surface area contributed by atoms with Crippen molar-refractivity contribution < 1.29 is 4.39 Å². The lowest BCUT2D eigenvalue weighted by Crippen LogP contribution is -2.00. The summed E-state index contributed by atoms with van der Waals surface area (Å²) in [6, 6.07) is 5.35. The van der Waals surface area contributed by atoms with E-state index in [9.17, 15) is 4.39 Å². The van der Waals surface area contributed by atoms with Gasteiger partial charge >= 0.3 is 0 Å². The van der Waals surface area contributed by atoms with Crippen LogP contribution in [-0.4, -0.2) is 9.55 Å². The molecule has 1 heterocycles. The van der Waals surface area contributed by atoms with Gasteiger partial charge in [0.05, 0.1) is 6.33 Å². The van der Waals surface area contributed by atoms with Crippen LogP contribution in [0.3, 0.4) is 0 Å². The Morgan fingerprint density at radius 1 is 1.41 bits per heavy atom. The largest absolute Gasteiger partial charge is 0.383 e. The predicted molar refractivity (Wildman–Crippen MR) is 68.0 cm³/mol. The van der Waals surface area contributed by atoms with Crippen molar-refractivity contribution in [1.29, 1.82) is 0 Å². The van der Waals surface area contributed by atoms with Crippen LogP contribution in [0.1, 0.15) is 18.9 Å². The third kappa shape index (κ3) is 1.84. The predicted octanol–water partition coefficient (Wildman–Crippen LogP) is 3.37. The van der Waals surface area contributed by atoms with Gasteiger partial charge in [0.15, 0.2) is 0 Å². The summed E-state index contributed by atoms with van der Waals surface area (Å²) in [5.41, 5.74) is 6.98. The first-order valence-electron chi connectivity index (χ1n) is 5.44. The van der Waals surface area contributed by atoms with Crippen molar-refractivity contribution in [3.63, 3.8) is 0 Å². The summed E-state index contributed by atoms with van der Waals surface area (Å²) < 4.78 is 16.4. The van der Waals surface area contributed by atoms with Crippen LogP contribution in [0.15, 0.2) is 29.0 Å². The van der Waals surface area contributed by atoms with Crippen molar-refractivity contribution >= 4 is 21.7 Å². The highest BCUT2D eigenvalue weighted by atomic mass is 79.9. The maximum absolute atomic E-state index is 13.8. The number of hydrogen-bond acceptors (Lipinski definition) is 2. The molecule has 0 bridgehead atoms. The fourth-order valence-electron chi connectivity index (χ4n) is 1.90. The minimum absolute atomic E-state index is 0.313. The minimum Gasteiger partial charge on any atom is -0.383 e. The second-order valence-corrected chi connectivity index (χ2v) is 5.16. The third-order valence-corrected chi connectivity index (χ3v) is 3.45. The van der Waals surface area contributed by atoms with Crippen LogP contribution in [0.25, 0.3) is 11.3 Å². The SMILES string of the molecule is Nc1c(-c2ccc(Br)cc2F)ncn1C1CC1. The minimum atomic E-state index is -0.313. The van der Waals surface area contributed by atoms with E-state index < -0.39 is 0 Å². The zero-order valence-electron chi connectivity index (χ0n) is 9.03. The topological polar surface area (TPSA) is 43.8 Å². The smallest absolute Gasteiger partial charge is 0.133 e. The van der Waals surface area contributed by atoms with E-state index in [2.05, 4.69) is 20.9 Å². The number of halogens is 2. The van der Waals surface area contributed by atoms with E-state index in [1.54, 1.807) is 18.5 Å². The van der Waals surface area contributed by atoms with Crippen molar-refractivity contribution in [3.05, 3.63) is 34.8 Å². The molecule has 2 aromatic rings. The molecule has 0 saturated heterocycles. The molecule has 3 rings (SSSR count). The molecule has 17 heavy (non-hydrogen) atoms. The summed E-state index contributed by atoms with van der Waals surface area (Å²) in [6.45, 7) is 0. The Bertz CT molecular complexity index is 575. The summed E-state index contributed by atoms with van der Waals surface area (Å²) in [4.78, 5) is 4.22. The highest BCUT2D eigenvalue weighted by Gasteiger charge is 2.27. The monoisotopic (exact) mass is 295 g/mol. The van der Waals surface area contributed by atoms with Crippen LogP contribution in [0.4, 0.5) is 10.2 Å². The number of aromatic nitrogens is 2. The number of nitrogens with two attached hydrogens (primary N) is 1.